The normalized spacial score (nSPS) is 18.8. The lowest BCUT2D eigenvalue weighted by atomic mass is 10.0. The summed E-state index contributed by atoms with van der Waals surface area (Å²) in [4.78, 5) is 10.3. The minimum Gasteiger partial charge on any atom is -0.481 e. The number of carboxylic acids is 1. The van der Waals surface area contributed by atoms with E-state index in [0.29, 0.717) is 6.42 Å². The van der Waals surface area contributed by atoms with E-state index in [1.165, 1.54) is 38.5 Å². The van der Waals surface area contributed by atoms with Crippen LogP contribution in [0, 0.1) is 5.92 Å². The first-order valence-electron chi connectivity index (χ1n) is 7.32. The Bertz CT molecular complexity index is 279. The molecule has 2 nitrogen and oxygen atoms in total. The van der Waals surface area contributed by atoms with Gasteiger partial charge in [0.15, 0.2) is 0 Å². The van der Waals surface area contributed by atoms with Crippen molar-refractivity contribution < 1.29 is 9.90 Å². The van der Waals surface area contributed by atoms with E-state index in [1.807, 2.05) is 0 Å². The fourth-order valence-corrected chi connectivity index (χ4v) is 2.38. The highest BCUT2D eigenvalue weighted by Gasteiger charge is 2.07. The van der Waals surface area contributed by atoms with Gasteiger partial charge in [-0.1, -0.05) is 30.7 Å². The Morgan fingerprint density at radius 3 is 2.50 bits per heavy atom. The maximum absolute atomic E-state index is 10.3. The summed E-state index contributed by atoms with van der Waals surface area (Å²) < 4.78 is 0. The molecule has 0 fully saturated rings. The first-order chi connectivity index (χ1) is 8.79. The first kappa shape index (κ1) is 15.0. The van der Waals surface area contributed by atoms with Gasteiger partial charge in [0.05, 0.1) is 0 Å². The molecule has 2 heteroatoms. The van der Waals surface area contributed by atoms with E-state index in [-0.39, 0.29) is 0 Å². The largest absolute Gasteiger partial charge is 0.481 e. The predicted molar refractivity (Wildman–Crippen MR) is 75.6 cm³/mol. The van der Waals surface area contributed by atoms with Crippen molar-refractivity contribution in [1.82, 2.24) is 0 Å². The fraction of sp³-hybridized carbons (Fsp3) is 0.688. The molecule has 18 heavy (non-hydrogen) atoms. The number of aliphatic carboxylic acids is 1. The number of unbranched alkanes of at least 4 members (excludes halogenated alkanes) is 4. The molecule has 0 amide bonds. The van der Waals surface area contributed by atoms with Crippen LogP contribution >= 0.6 is 0 Å². The van der Waals surface area contributed by atoms with Gasteiger partial charge in [0, 0.05) is 6.42 Å². The number of rotatable bonds is 10. The van der Waals surface area contributed by atoms with Crippen LogP contribution in [0.1, 0.15) is 64.2 Å². The standard InChI is InChI=1S/C16H26O2/c17-16(18)14-8-6-4-2-1-3-5-7-11-15-12-9-10-13-15/h1-2,9,12,15H,3-8,10-11,13-14H2,(H,17,18)/b2-1+. The van der Waals surface area contributed by atoms with Crippen molar-refractivity contribution in [3.63, 3.8) is 0 Å². The van der Waals surface area contributed by atoms with Crippen LogP contribution in [-0.4, -0.2) is 11.1 Å². The van der Waals surface area contributed by atoms with Crippen molar-refractivity contribution in [3.8, 4) is 0 Å². The van der Waals surface area contributed by atoms with Crippen molar-refractivity contribution in [1.29, 1.82) is 0 Å². The summed E-state index contributed by atoms with van der Waals surface area (Å²) in [5.41, 5.74) is 0. The van der Waals surface area contributed by atoms with Gasteiger partial charge in [-0.15, -0.1) is 0 Å². The average molecular weight is 250 g/mol. The van der Waals surface area contributed by atoms with Crippen LogP contribution in [0.3, 0.4) is 0 Å². The number of hydrogen-bond acceptors (Lipinski definition) is 1. The maximum atomic E-state index is 10.3. The molecule has 0 aromatic carbocycles. The predicted octanol–water partition coefficient (Wildman–Crippen LogP) is 4.71. The second-order valence-corrected chi connectivity index (χ2v) is 5.16. The summed E-state index contributed by atoms with van der Waals surface area (Å²) in [6.45, 7) is 0. The number of carbonyl (C=O) groups is 1. The van der Waals surface area contributed by atoms with Crippen LogP contribution in [0.15, 0.2) is 24.3 Å². The highest BCUT2D eigenvalue weighted by Crippen LogP contribution is 2.22. The lowest BCUT2D eigenvalue weighted by Gasteiger charge is -2.05. The Kier molecular flexibility index (Phi) is 8.28. The van der Waals surface area contributed by atoms with E-state index in [1.54, 1.807) is 0 Å². The molecule has 1 N–H and O–H groups in total. The van der Waals surface area contributed by atoms with Gasteiger partial charge in [0.25, 0.3) is 0 Å². The third-order valence-electron chi connectivity index (χ3n) is 3.49. The Morgan fingerprint density at radius 1 is 1.17 bits per heavy atom. The zero-order valence-corrected chi connectivity index (χ0v) is 11.3. The van der Waals surface area contributed by atoms with E-state index in [9.17, 15) is 4.79 Å². The summed E-state index contributed by atoms with van der Waals surface area (Å²) in [6, 6.07) is 0. The zero-order valence-electron chi connectivity index (χ0n) is 11.3. The van der Waals surface area contributed by atoms with Crippen molar-refractivity contribution in [3.05, 3.63) is 24.3 Å². The van der Waals surface area contributed by atoms with Gasteiger partial charge in [0.1, 0.15) is 0 Å². The lowest BCUT2D eigenvalue weighted by molar-refractivity contribution is -0.137. The molecule has 1 aliphatic carbocycles. The van der Waals surface area contributed by atoms with E-state index >= 15 is 0 Å². The van der Waals surface area contributed by atoms with Gasteiger partial charge in [-0.2, -0.15) is 0 Å². The highest BCUT2D eigenvalue weighted by molar-refractivity contribution is 5.66. The monoisotopic (exact) mass is 250 g/mol. The molecule has 0 aromatic rings. The van der Waals surface area contributed by atoms with Gasteiger partial charge in [-0.3, -0.25) is 4.79 Å². The molecular formula is C16H26O2. The van der Waals surface area contributed by atoms with Crippen molar-refractivity contribution in [2.45, 2.75) is 64.2 Å². The molecule has 0 saturated carbocycles. The van der Waals surface area contributed by atoms with Crippen molar-refractivity contribution in [2.24, 2.45) is 5.92 Å². The zero-order chi connectivity index (χ0) is 13.1. The molecular weight excluding hydrogens is 224 g/mol. The molecule has 0 spiro atoms. The summed E-state index contributed by atoms with van der Waals surface area (Å²) >= 11 is 0. The van der Waals surface area contributed by atoms with Crippen molar-refractivity contribution in [2.75, 3.05) is 0 Å². The number of allylic oxidation sites excluding steroid dienone is 4. The minimum absolute atomic E-state index is 0.308. The van der Waals surface area contributed by atoms with Crippen LogP contribution < -0.4 is 0 Å². The van der Waals surface area contributed by atoms with Gasteiger partial charge in [-0.05, 0) is 57.3 Å². The molecule has 1 aliphatic rings. The smallest absolute Gasteiger partial charge is 0.303 e. The Morgan fingerprint density at radius 2 is 1.89 bits per heavy atom. The van der Waals surface area contributed by atoms with Gasteiger partial charge in [0.2, 0.25) is 0 Å². The quantitative estimate of drug-likeness (QED) is 0.450. The summed E-state index contributed by atoms with van der Waals surface area (Å²) in [5.74, 6) is 0.171. The summed E-state index contributed by atoms with van der Waals surface area (Å²) in [5, 5.41) is 8.48. The van der Waals surface area contributed by atoms with E-state index < -0.39 is 5.97 Å². The average Bonchev–Trinajstić information content (AvgIpc) is 2.84. The second-order valence-electron chi connectivity index (χ2n) is 5.16. The van der Waals surface area contributed by atoms with Gasteiger partial charge in [-0.25, -0.2) is 0 Å². The first-order valence-corrected chi connectivity index (χ1v) is 7.32. The van der Waals surface area contributed by atoms with Crippen LogP contribution in [-0.2, 0) is 4.79 Å². The summed E-state index contributed by atoms with van der Waals surface area (Å²) in [7, 11) is 0. The topological polar surface area (TPSA) is 37.3 Å². The maximum Gasteiger partial charge on any atom is 0.303 e. The summed E-state index contributed by atoms with van der Waals surface area (Å²) in [6.07, 6.45) is 20.1. The molecule has 1 atom stereocenters. The van der Waals surface area contributed by atoms with Crippen LogP contribution in [0.5, 0.6) is 0 Å². The lowest BCUT2D eigenvalue weighted by Crippen LogP contribution is -1.92. The molecule has 1 rings (SSSR count). The Balaban J connectivity index is 1.82. The molecule has 1 unspecified atom stereocenters. The van der Waals surface area contributed by atoms with Gasteiger partial charge < -0.3 is 5.11 Å². The molecule has 0 radical (unpaired) electrons. The van der Waals surface area contributed by atoms with E-state index in [4.69, 9.17) is 5.11 Å². The number of hydrogen-bond donors (Lipinski definition) is 1. The fourth-order valence-electron chi connectivity index (χ4n) is 2.38. The molecule has 0 aliphatic heterocycles. The molecule has 102 valence electrons. The molecule has 0 heterocycles. The SMILES string of the molecule is O=C(O)CCCC/C=C/CCCCC1C=CCC1. The number of carboxylic acid groups (broad SMARTS) is 1. The molecule has 0 aromatic heterocycles. The Labute approximate surface area is 111 Å². The van der Waals surface area contributed by atoms with Gasteiger partial charge >= 0.3 is 5.97 Å². The van der Waals surface area contributed by atoms with Crippen LogP contribution in [0.4, 0.5) is 0 Å². The third kappa shape index (κ3) is 8.10. The van der Waals surface area contributed by atoms with Crippen LogP contribution in [0.25, 0.3) is 0 Å². The highest BCUT2D eigenvalue weighted by atomic mass is 16.4. The molecule has 0 saturated heterocycles. The van der Waals surface area contributed by atoms with E-state index in [0.717, 1.165) is 25.2 Å². The second kappa shape index (κ2) is 9.93. The molecule has 0 bridgehead atoms. The minimum atomic E-state index is -0.681. The Hall–Kier alpha value is -1.05. The third-order valence-corrected chi connectivity index (χ3v) is 3.49. The van der Waals surface area contributed by atoms with Crippen LogP contribution in [0.2, 0.25) is 0 Å². The van der Waals surface area contributed by atoms with Crippen molar-refractivity contribution >= 4 is 5.97 Å². The van der Waals surface area contributed by atoms with E-state index in [2.05, 4.69) is 24.3 Å².